The molecule has 0 heterocycles. The molecule has 1 fully saturated rings. The maximum atomic E-state index is 13.4. The molecule has 0 spiro atoms. The molecule has 4 nitrogen and oxygen atoms in total. The highest BCUT2D eigenvalue weighted by Gasteiger charge is 2.25. The van der Waals surface area contributed by atoms with E-state index < -0.39 is 25.7 Å². The topological polar surface area (TPSA) is 63.2 Å². The van der Waals surface area contributed by atoms with E-state index in [1.54, 1.807) is 0 Å². The number of nitrogens with one attached hydrogen (secondary N) is 1. The second kappa shape index (κ2) is 5.69. The molecular weight excluding hydrogens is 305 g/mol. The summed E-state index contributed by atoms with van der Waals surface area (Å²) in [6.45, 7) is 1.89. The molecule has 1 aliphatic carbocycles. The van der Waals surface area contributed by atoms with Crippen LogP contribution in [0.15, 0.2) is 23.1 Å². The van der Waals surface area contributed by atoms with Crippen LogP contribution in [0.3, 0.4) is 0 Å². The summed E-state index contributed by atoms with van der Waals surface area (Å²) in [6, 6.07) is 2.84. The van der Waals surface area contributed by atoms with Gasteiger partial charge in [0.15, 0.2) is 0 Å². The van der Waals surface area contributed by atoms with Gasteiger partial charge >= 0.3 is 0 Å². The minimum atomic E-state index is -4.07. The van der Waals surface area contributed by atoms with Crippen molar-refractivity contribution in [3.05, 3.63) is 29.6 Å². The second-order valence-electron chi connectivity index (χ2n) is 5.07. The molecule has 2 rings (SSSR count). The molecule has 0 saturated heterocycles. The summed E-state index contributed by atoms with van der Waals surface area (Å²) < 4.78 is 35.8. The zero-order valence-corrected chi connectivity index (χ0v) is 12.5. The van der Waals surface area contributed by atoms with Crippen molar-refractivity contribution in [1.82, 2.24) is 5.32 Å². The number of hydrogen-bond acceptors (Lipinski definition) is 3. The minimum absolute atomic E-state index is 0.0180. The van der Waals surface area contributed by atoms with Crippen LogP contribution in [0.2, 0.25) is 0 Å². The number of hydrogen-bond donors (Lipinski definition) is 1. The van der Waals surface area contributed by atoms with Crippen molar-refractivity contribution in [1.29, 1.82) is 0 Å². The van der Waals surface area contributed by atoms with Crippen LogP contribution in [0.1, 0.15) is 36.5 Å². The highest BCUT2D eigenvalue weighted by molar-refractivity contribution is 8.13. The van der Waals surface area contributed by atoms with Crippen LogP contribution < -0.4 is 5.32 Å². The molecule has 0 radical (unpaired) electrons. The molecule has 7 heteroatoms. The lowest BCUT2D eigenvalue weighted by atomic mass is 9.80. The maximum absolute atomic E-state index is 13.4. The lowest BCUT2D eigenvalue weighted by Gasteiger charge is -2.31. The SMILES string of the molecule is CC(NC(=O)c1cc(F)cc(S(=O)(=O)Cl)c1)C1CCC1. The maximum Gasteiger partial charge on any atom is 0.261 e. The van der Waals surface area contributed by atoms with Crippen LogP contribution in [0, 0.1) is 11.7 Å². The van der Waals surface area contributed by atoms with Gasteiger partial charge in [0.1, 0.15) is 5.82 Å². The molecule has 1 amide bonds. The first kappa shape index (κ1) is 15.3. The standard InChI is InChI=1S/C13H15ClFNO3S/c1-8(9-3-2-4-9)16-13(17)10-5-11(15)7-12(6-10)20(14,18)19/h5-9H,2-4H2,1H3,(H,16,17). The lowest BCUT2D eigenvalue weighted by molar-refractivity contribution is 0.0908. The van der Waals surface area contributed by atoms with Crippen LogP contribution in [-0.2, 0) is 9.05 Å². The zero-order valence-electron chi connectivity index (χ0n) is 10.9. The Balaban J connectivity index is 2.19. The van der Waals surface area contributed by atoms with Crippen LogP contribution in [0.25, 0.3) is 0 Å². The molecule has 110 valence electrons. The highest BCUT2D eigenvalue weighted by atomic mass is 35.7. The van der Waals surface area contributed by atoms with Gasteiger partial charge in [0.25, 0.3) is 15.0 Å². The molecule has 0 aliphatic heterocycles. The average Bonchev–Trinajstić information content (AvgIpc) is 2.24. The number of carbonyl (C=O) groups is 1. The molecule has 0 bridgehead atoms. The van der Waals surface area contributed by atoms with Crippen molar-refractivity contribution in [2.45, 2.75) is 37.1 Å². The summed E-state index contributed by atoms with van der Waals surface area (Å²) in [4.78, 5) is 11.6. The van der Waals surface area contributed by atoms with Crippen molar-refractivity contribution in [3.63, 3.8) is 0 Å². The molecule has 0 aromatic heterocycles. The van der Waals surface area contributed by atoms with E-state index in [9.17, 15) is 17.6 Å². The first-order valence-corrected chi connectivity index (χ1v) is 8.64. The fourth-order valence-electron chi connectivity index (χ4n) is 2.18. The van der Waals surface area contributed by atoms with E-state index in [1.807, 2.05) is 6.92 Å². The van der Waals surface area contributed by atoms with Gasteiger partial charge in [-0.2, -0.15) is 0 Å². The van der Waals surface area contributed by atoms with E-state index in [2.05, 4.69) is 5.32 Å². The third-order valence-corrected chi connectivity index (χ3v) is 4.96. The largest absolute Gasteiger partial charge is 0.349 e. The first-order valence-electron chi connectivity index (χ1n) is 6.33. The summed E-state index contributed by atoms with van der Waals surface area (Å²) >= 11 is 0. The second-order valence-corrected chi connectivity index (χ2v) is 7.63. The lowest BCUT2D eigenvalue weighted by Crippen LogP contribution is -2.40. The van der Waals surface area contributed by atoms with Gasteiger partial charge in [-0.15, -0.1) is 0 Å². The van der Waals surface area contributed by atoms with Gasteiger partial charge in [-0.25, -0.2) is 12.8 Å². The normalized spacial score (nSPS) is 17.4. The molecule has 20 heavy (non-hydrogen) atoms. The van der Waals surface area contributed by atoms with Gasteiger partial charge in [0, 0.05) is 22.3 Å². The van der Waals surface area contributed by atoms with Crippen molar-refractivity contribution in [3.8, 4) is 0 Å². The van der Waals surface area contributed by atoms with Crippen LogP contribution >= 0.6 is 10.7 Å². The van der Waals surface area contributed by atoms with E-state index in [0.717, 1.165) is 37.5 Å². The van der Waals surface area contributed by atoms with E-state index >= 15 is 0 Å². The third kappa shape index (κ3) is 3.49. The predicted molar refractivity (Wildman–Crippen MR) is 73.7 cm³/mol. The number of amides is 1. The van der Waals surface area contributed by atoms with Crippen molar-refractivity contribution >= 4 is 25.6 Å². The highest BCUT2D eigenvalue weighted by Crippen LogP contribution is 2.29. The Labute approximate surface area is 121 Å². The van der Waals surface area contributed by atoms with Crippen LogP contribution in [0.4, 0.5) is 4.39 Å². The van der Waals surface area contributed by atoms with Crippen LogP contribution in [0.5, 0.6) is 0 Å². The Kier molecular flexibility index (Phi) is 4.34. The summed E-state index contributed by atoms with van der Waals surface area (Å²) in [5, 5.41) is 2.76. The van der Waals surface area contributed by atoms with E-state index in [1.165, 1.54) is 0 Å². The quantitative estimate of drug-likeness (QED) is 0.868. The summed E-state index contributed by atoms with van der Waals surface area (Å²) in [5.74, 6) is -0.873. The zero-order chi connectivity index (χ0) is 14.9. The first-order chi connectivity index (χ1) is 9.27. The summed E-state index contributed by atoms with van der Waals surface area (Å²) in [7, 11) is 1.10. The Morgan fingerprint density at radius 1 is 1.40 bits per heavy atom. The Morgan fingerprint density at radius 3 is 2.55 bits per heavy atom. The van der Waals surface area contributed by atoms with Crippen molar-refractivity contribution < 1.29 is 17.6 Å². The van der Waals surface area contributed by atoms with Gasteiger partial charge in [-0.1, -0.05) is 6.42 Å². The molecule has 1 N–H and O–H groups in total. The third-order valence-electron chi connectivity index (χ3n) is 3.63. The molecule has 1 aromatic rings. The van der Waals surface area contributed by atoms with Crippen molar-refractivity contribution in [2.75, 3.05) is 0 Å². The molecule has 1 unspecified atom stereocenters. The van der Waals surface area contributed by atoms with Gasteiger partial charge in [-0.3, -0.25) is 4.79 Å². The Morgan fingerprint density at radius 2 is 2.05 bits per heavy atom. The molecular formula is C13H15ClFNO3S. The number of halogens is 2. The van der Waals surface area contributed by atoms with E-state index in [-0.39, 0.29) is 11.6 Å². The fourth-order valence-corrected chi connectivity index (χ4v) is 2.97. The molecule has 1 aromatic carbocycles. The summed E-state index contributed by atoms with van der Waals surface area (Å²) in [6.07, 6.45) is 3.28. The molecule has 1 aliphatic rings. The Hall–Kier alpha value is -1.14. The monoisotopic (exact) mass is 319 g/mol. The minimum Gasteiger partial charge on any atom is -0.349 e. The number of rotatable bonds is 4. The summed E-state index contributed by atoms with van der Waals surface area (Å²) in [5.41, 5.74) is -0.0459. The predicted octanol–water partition coefficient (Wildman–Crippen LogP) is 2.67. The number of benzene rings is 1. The van der Waals surface area contributed by atoms with Gasteiger partial charge < -0.3 is 5.32 Å². The van der Waals surface area contributed by atoms with E-state index in [0.29, 0.717) is 5.92 Å². The van der Waals surface area contributed by atoms with Gasteiger partial charge in [0.2, 0.25) is 0 Å². The fraction of sp³-hybridized carbons (Fsp3) is 0.462. The smallest absolute Gasteiger partial charge is 0.261 e. The van der Waals surface area contributed by atoms with Crippen molar-refractivity contribution in [2.24, 2.45) is 5.92 Å². The van der Waals surface area contributed by atoms with Gasteiger partial charge in [-0.05, 0) is 43.9 Å². The number of carbonyl (C=O) groups excluding carboxylic acids is 1. The van der Waals surface area contributed by atoms with E-state index in [4.69, 9.17) is 10.7 Å². The molecule has 1 atom stereocenters. The van der Waals surface area contributed by atoms with Crippen LogP contribution in [-0.4, -0.2) is 20.4 Å². The molecule has 1 saturated carbocycles. The van der Waals surface area contributed by atoms with Gasteiger partial charge in [0.05, 0.1) is 4.90 Å². The average molecular weight is 320 g/mol. The Bertz CT molecular complexity index is 629.